The zero-order chi connectivity index (χ0) is 14.8. The number of nitrogens with one attached hydrogen (secondary N) is 1. The number of amides is 1. The number of allylic oxidation sites excluding steroid dienone is 2. The van der Waals surface area contributed by atoms with Crippen LogP contribution in [0.25, 0.3) is 10.9 Å². The minimum Gasteiger partial charge on any atom is -0.356 e. The Morgan fingerprint density at radius 2 is 2.14 bits per heavy atom. The van der Waals surface area contributed by atoms with E-state index in [9.17, 15) is 4.79 Å². The number of nitrogens with zero attached hydrogens (tertiary/aromatic N) is 1. The maximum Gasteiger partial charge on any atom is 0.226 e. The highest BCUT2D eigenvalue weighted by molar-refractivity contribution is 5.88. The monoisotopic (exact) mass is 292 g/mol. The van der Waals surface area contributed by atoms with Crippen molar-refractivity contribution in [2.75, 3.05) is 6.54 Å². The molecule has 0 spiro atoms. The fraction of sp³-hybridized carbons (Fsp3) is 0.421. The maximum atomic E-state index is 12.8. The molecule has 5 rings (SSSR count). The molecule has 3 aliphatic rings. The van der Waals surface area contributed by atoms with Gasteiger partial charge >= 0.3 is 0 Å². The Hall–Kier alpha value is -2.03. The lowest BCUT2D eigenvalue weighted by Gasteiger charge is -2.33. The van der Waals surface area contributed by atoms with Crippen LogP contribution in [-0.4, -0.2) is 22.3 Å². The van der Waals surface area contributed by atoms with Gasteiger partial charge < -0.3 is 9.88 Å². The molecule has 2 aliphatic heterocycles. The predicted octanol–water partition coefficient (Wildman–Crippen LogP) is 3.58. The van der Waals surface area contributed by atoms with Crippen molar-refractivity contribution in [2.45, 2.75) is 32.2 Å². The number of hydrogen-bond donors (Lipinski definition) is 1. The molecular weight excluding hydrogens is 272 g/mol. The summed E-state index contributed by atoms with van der Waals surface area (Å²) in [6.45, 7) is 3.09. The first kappa shape index (κ1) is 12.5. The third-order valence-electron chi connectivity index (χ3n) is 5.88. The van der Waals surface area contributed by atoms with E-state index in [1.807, 2.05) is 0 Å². The van der Waals surface area contributed by atoms with Crippen molar-refractivity contribution >= 4 is 16.8 Å². The van der Waals surface area contributed by atoms with Crippen molar-refractivity contribution in [3.8, 4) is 0 Å². The molecule has 22 heavy (non-hydrogen) atoms. The summed E-state index contributed by atoms with van der Waals surface area (Å²) in [6, 6.07) is 8.81. The van der Waals surface area contributed by atoms with Gasteiger partial charge in [0.2, 0.25) is 5.91 Å². The second kappa shape index (κ2) is 4.25. The average molecular weight is 292 g/mol. The third-order valence-corrected chi connectivity index (χ3v) is 5.88. The third kappa shape index (κ3) is 1.49. The van der Waals surface area contributed by atoms with E-state index in [0.29, 0.717) is 11.8 Å². The number of aromatic nitrogens is 1. The van der Waals surface area contributed by atoms with E-state index in [2.05, 4.69) is 47.1 Å². The Morgan fingerprint density at radius 3 is 3.05 bits per heavy atom. The molecule has 3 atom stereocenters. The second-order valence-electron chi connectivity index (χ2n) is 7.05. The number of hydrogen-bond acceptors (Lipinski definition) is 1. The average Bonchev–Trinajstić information content (AvgIpc) is 3.03. The van der Waals surface area contributed by atoms with E-state index in [0.717, 1.165) is 25.8 Å². The van der Waals surface area contributed by atoms with Crippen LogP contribution in [0.4, 0.5) is 0 Å². The topological polar surface area (TPSA) is 36.1 Å². The van der Waals surface area contributed by atoms with Crippen LogP contribution < -0.4 is 0 Å². The number of benzene rings is 1. The molecule has 1 aromatic heterocycles. The van der Waals surface area contributed by atoms with Gasteiger partial charge in [0.15, 0.2) is 0 Å². The van der Waals surface area contributed by atoms with Crippen molar-refractivity contribution in [1.29, 1.82) is 0 Å². The summed E-state index contributed by atoms with van der Waals surface area (Å²) in [4.78, 5) is 18.6. The van der Waals surface area contributed by atoms with E-state index < -0.39 is 0 Å². The van der Waals surface area contributed by atoms with Crippen LogP contribution in [0.2, 0.25) is 0 Å². The van der Waals surface area contributed by atoms with Crippen LogP contribution in [0, 0.1) is 11.8 Å². The fourth-order valence-corrected chi connectivity index (χ4v) is 4.89. The molecule has 0 bridgehead atoms. The lowest BCUT2D eigenvalue weighted by molar-refractivity contribution is -0.132. The lowest BCUT2D eigenvalue weighted by atomic mass is 9.77. The van der Waals surface area contributed by atoms with Crippen LogP contribution in [0.5, 0.6) is 0 Å². The summed E-state index contributed by atoms with van der Waals surface area (Å²) in [5.74, 6) is 1.03. The number of aromatic amines is 1. The SMILES string of the molecule is CC1=CC[C@@H]2C(=O)N3CCc4c([nH]c5ccccc45)[C@@H]3[C@H]2C1. The van der Waals surface area contributed by atoms with Crippen molar-refractivity contribution in [3.05, 3.63) is 47.2 Å². The summed E-state index contributed by atoms with van der Waals surface area (Å²) in [7, 11) is 0. The number of rotatable bonds is 0. The van der Waals surface area contributed by atoms with Gasteiger partial charge in [0.05, 0.1) is 6.04 Å². The van der Waals surface area contributed by atoms with Crippen molar-refractivity contribution in [1.82, 2.24) is 9.88 Å². The number of carbonyl (C=O) groups is 1. The van der Waals surface area contributed by atoms with Crippen LogP contribution in [0.1, 0.15) is 37.1 Å². The van der Waals surface area contributed by atoms with Gasteiger partial charge in [0.1, 0.15) is 0 Å². The summed E-state index contributed by atoms with van der Waals surface area (Å²) >= 11 is 0. The molecule has 3 heterocycles. The molecule has 0 radical (unpaired) electrons. The summed E-state index contributed by atoms with van der Waals surface area (Å²) in [6.07, 6.45) is 5.24. The molecule has 1 saturated heterocycles. The molecule has 2 aromatic rings. The predicted molar refractivity (Wildman–Crippen MR) is 86.4 cm³/mol. The number of H-pyrrole nitrogens is 1. The van der Waals surface area contributed by atoms with E-state index in [1.54, 1.807) is 0 Å². The van der Waals surface area contributed by atoms with Crippen LogP contribution in [0.15, 0.2) is 35.9 Å². The van der Waals surface area contributed by atoms with Gasteiger partial charge in [-0.1, -0.05) is 29.8 Å². The van der Waals surface area contributed by atoms with Gasteiger partial charge in [-0.05, 0) is 37.8 Å². The van der Waals surface area contributed by atoms with Crippen molar-refractivity contribution < 1.29 is 4.79 Å². The molecule has 112 valence electrons. The quantitative estimate of drug-likeness (QED) is 0.740. The molecule has 0 unspecified atom stereocenters. The molecule has 1 aromatic carbocycles. The van der Waals surface area contributed by atoms with Gasteiger partial charge in [-0.3, -0.25) is 4.79 Å². The summed E-state index contributed by atoms with van der Waals surface area (Å²) in [5, 5.41) is 1.34. The molecule has 3 nitrogen and oxygen atoms in total. The lowest BCUT2D eigenvalue weighted by Crippen LogP contribution is -2.35. The van der Waals surface area contributed by atoms with Crippen molar-refractivity contribution in [3.63, 3.8) is 0 Å². The highest BCUT2D eigenvalue weighted by Crippen LogP contribution is 2.51. The Kier molecular flexibility index (Phi) is 2.42. The highest BCUT2D eigenvalue weighted by atomic mass is 16.2. The molecule has 1 aliphatic carbocycles. The Labute approximate surface area is 130 Å². The summed E-state index contributed by atoms with van der Waals surface area (Å²) < 4.78 is 0. The minimum absolute atomic E-state index is 0.200. The van der Waals surface area contributed by atoms with E-state index >= 15 is 0 Å². The van der Waals surface area contributed by atoms with Gasteiger partial charge in [0.25, 0.3) is 0 Å². The fourth-order valence-electron chi connectivity index (χ4n) is 4.89. The highest BCUT2D eigenvalue weighted by Gasteiger charge is 2.51. The molecule has 1 N–H and O–H groups in total. The van der Waals surface area contributed by atoms with Gasteiger partial charge in [-0.2, -0.15) is 0 Å². The van der Waals surface area contributed by atoms with Crippen LogP contribution in [-0.2, 0) is 11.2 Å². The molecule has 3 heteroatoms. The molecule has 1 amide bonds. The first-order valence-corrected chi connectivity index (χ1v) is 8.29. The second-order valence-corrected chi connectivity index (χ2v) is 7.05. The molecular formula is C19H20N2O. The van der Waals surface area contributed by atoms with Gasteiger partial charge in [0, 0.05) is 35.0 Å². The van der Waals surface area contributed by atoms with Gasteiger partial charge in [-0.25, -0.2) is 0 Å². The zero-order valence-electron chi connectivity index (χ0n) is 12.8. The Bertz CT molecular complexity index is 816. The van der Waals surface area contributed by atoms with Crippen LogP contribution in [0.3, 0.4) is 0 Å². The smallest absolute Gasteiger partial charge is 0.226 e. The van der Waals surface area contributed by atoms with E-state index in [4.69, 9.17) is 0 Å². The minimum atomic E-state index is 0.200. The first-order valence-electron chi connectivity index (χ1n) is 8.29. The Balaban J connectivity index is 1.69. The Morgan fingerprint density at radius 1 is 1.27 bits per heavy atom. The van der Waals surface area contributed by atoms with Crippen LogP contribution >= 0.6 is 0 Å². The maximum absolute atomic E-state index is 12.8. The summed E-state index contributed by atoms with van der Waals surface area (Å²) in [5.41, 5.74) is 5.41. The van der Waals surface area contributed by atoms with Crippen molar-refractivity contribution in [2.24, 2.45) is 11.8 Å². The van der Waals surface area contributed by atoms with Gasteiger partial charge in [-0.15, -0.1) is 0 Å². The zero-order valence-corrected chi connectivity index (χ0v) is 12.8. The van der Waals surface area contributed by atoms with E-state index in [1.165, 1.54) is 27.7 Å². The molecule has 1 fully saturated rings. The normalized spacial score (nSPS) is 30.0. The number of fused-ring (bicyclic) bond motifs is 7. The number of carbonyl (C=O) groups excluding carboxylic acids is 1. The standard InChI is InChI=1S/C19H20N2O/c1-11-6-7-14-15(10-11)18-17-13(8-9-21(18)19(14)22)12-4-2-3-5-16(12)20-17/h2-6,14-15,18,20H,7-10H2,1H3/t14-,15-,18-/m0/s1. The first-order chi connectivity index (χ1) is 10.7. The largest absolute Gasteiger partial charge is 0.356 e. The van der Waals surface area contributed by atoms with E-state index in [-0.39, 0.29) is 12.0 Å². The molecule has 0 saturated carbocycles. The number of para-hydroxylation sites is 1.